The van der Waals surface area contributed by atoms with Crippen LogP contribution in [0.3, 0.4) is 0 Å². The number of nitrogens with one attached hydrogen (secondary N) is 1. The van der Waals surface area contributed by atoms with Gasteiger partial charge in [0.2, 0.25) is 10.0 Å². The maximum Gasteiger partial charge on any atom is 0.243 e. The summed E-state index contributed by atoms with van der Waals surface area (Å²) in [6.07, 6.45) is 4.21. The van der Waals surface area contributed by atoms with Crippen molar-refractivity contribution in [1.82, 2.24) is 14.5 Å². The quantitative estimate of drug-likeness (QED) is 0.506. The van der Waals surface area contributed by atoms with Gasteiger partial charge in [-0.3, -0.25) is 0 Å². The largest absolute Gasteiger partial charge is 0.363 e. The van der Waals surface area contributed by atoms with Crippen LogP contribution in [0.4, 0.5) is 0 Å². The lowest BCUT2D eigenvalue weighted by atomic mass is 9.99. The maximum atomic E-state index is 12.9. The second kappa shape index (κ2) is 10.6. The molecule has 1 heterocycles. The Bertz CT molecular complexity index is 699. The molecule has 1 atom stereocenters. The summed E-state index contributed by atoms with van der Waals surface area (Å²) >= 11 is 7.26. The highest BCUT2D eigenvalue weighted by molar-refractivity contribution is 7.98. The standard InChI is InChI=1S/C19H31N3O2S3/c1-4-16(2)17-6-8-18(9-7-17)27(23,24)22-13-11-21(12-14-22)19(25)20-10-5-15-26-3/h6-9,16H,4-5,10-15H2,1-3H3,(H,20,25)/t16-/m1/s1. The number of piperazine rings is 1. The molecule has 1 fully saturated rings. The highest BCUT2D eigenvalue weighted by atomic mass is 32.2. The molecule has 0 bridgehead atoms. The number of hydrogen-bond acceptors (Lipinski definition) is 4. The molecule has 5 nitrogen and oxygen atoms in total. The summed E-state index contributed by atoms with van der Waals surface area (Å²) in [5.41, 5.74) is 1.18. The molecular weight excluding hydrogens is 398 g/mol. The average molecular weight is 430 g/mol. The van der Waals surface area contributed by atoms with Crippen LogP contribution >= 0.6 is 24.0 Å². The van der Waals surface area contributed by atoms with Crippen LogP contribution in [0.25, 0.3) is 0 Å². The van der Waals surface area contributed by atoms with E-state index in [1.807, 2.05) is 23.9 Å². The molecule has 0 radical (unpaired) electrons. The highest BCUT2D eigenvalue weighted by Gasteiger charge is 2.29. The van der Waals surface area contributed by atoms with Gasteiger partial charge in [-0.25, -0.2) is 8.42 Å². The van der Waals surface area contributed by atoms with Gasteiger partial charge in [0.1, 0.15) is 0 Å². The Labute approximate surface area is 173 Å². The van der Waals surface area contributed by atoms with E-state index in [1.165, 1.54) is 5.56 Å². The molecule has 1 aromatic rings. The molecule has 2 rings (SSSR count). The summed E-state index contributed by atoms with van der Waals surface area (Å²) in [7, 11) is -3.44. The first-order chi connectivity index (χ1) is 12.9. The average Bonchev–Trinajstić information content (AvgIpc) is 2.70. The summed E-state index contributed by atoms with van der Waals surface area (Å²) in [6, 6.07) is 7.35. The smallest absolute Gasteiger partial charge is 0.243 e. The zero-order valence-electron chi connectivity index (χ0n) is 16.5. The van der Waals surface area contributed by atoms with Gasteiger partial charge in [0.15, 0.2) is 5.11 Å². The Kier molecular flexibility index (Phi) is 8.85. The molecule has 8 heteroatoms. The Morgan fingerprint density at radius 1 is 1.22 bits per heavy atom. The first-order valence-corrected chi connectivity index (χ1v) is 12.8. The molecule has 0 amide bonds. The lowest BCUT2D eigenvalue weighted by Gasteiger charge is -2.35. The summed E-state index contributed by atoms with van der Waals surface area (Å²) in [5, 5.41) is 4.00. The topological polar surface area (TPSA) is 52.7 Å². The van der Waals surface area contributed by atoms with Crippen molar-refractivity contribution in [2.24, 2.45) is 0 Å². The van der Waals surface area contributed by atoms with Gasteiger partial charge in [0, 0.05) is 32.7 Å². The summed E-state index contributed by atoms with van der Waals surface area (Å²) in [6.45, 7) is 7.32. The van der Waals surface area contributed by atoms with Crippen LogP contribution in [0, 0.1) is 0 Å². The molecule has 0 aromatic heterocycles. The number of hydrogen-bond donors (Lipinski definition) is 1. The molecule has 0 unspecified atom stereocenters. The monoisotopic (exact) mass is 429 g/mol. The zero-order valence-corrected chi connectivity index (χ0v) is 18.9. The van der Waals surface area contributed by atoms with Gasteiger partial charge in [-0.05, 0) is 60.7 Å². The van der Waals surface area contributed by atoms with Crippen molar-refractivity contribution in [3.63, 3.8) is 0 Å². The Morgan fingerprint density at radius 2 is 1.85 bits per heavy atom. The Hall–Kier alpha value is -0.830. The van der Waals surface area contributed by atoms with Crippen molar-refractivity contribution in [2.45, 2.75) is 37.5 Å². The lowest BCUT2D eigenvalue weighted by molar-refractivity contribution is 0.264. The van der Waals surface area contributed by atoms with Gasteiger partial charge in [0.25, 0.3) is 0 Å². The predicted octanol–water partition coefficient (Wildman–Crippen LogP) is 3.13. The van der Waals surface area contributed by atoms with Gasteiger partial charge in [-0.15, -0.1) is 0 Å². The van der Waals surface area contributed by atoms with E-state index in [-0.39, 0.29) is 0 Å². The molecular formula is C19H31N3O2S3. The Balaban J connectivity index is 1.91. The van der Waals surface area contributed by atoms with Crippen molar-refractivity contribution in [1.29, 1.82) is 0 Å². The minimum atomic E-state index is -3.44. The van der Waals surface area contributed by atoms with E-state index >= 15 is 0 Å². The van der Waals surface area contributed by atoms with Gasteiger partial charge in [-0.2, -0.15) is 16.1 Å². The third kappa shape index (κ3) is 6.07. The summed E-state index contributed by atoms with van der Waals surface area (Å²) in [4.78, 5) is 2.44. The van der Waals surface area contributed by atoms with E-state index in [1.54, 1.807) is 16.4 Å². The number of sulfonamides is 1. The van der Waals surface area contributed by atoms with Gasteiger partial charge in [-0.1, -0.05) is 26.0 Å². The fraction of sp³-hybridized carbons (Fsp3) is 0.632. The number of thioether (sulfide) groups is 1. The van der Waals surface area contributed by atoms with E-state index in [0.29, 0.717) is 37.0 Å². The van der Waals surface area contributed by atoms with Crippen molar-refractivity contribution >= 4 is 39.1 Å². The van der Waals surface area contributed by atoms with Gasteiger partial charge < -0.3 is 10.2 Å². The molecule has 0 spiro atoms. The molecule has 1 aliphatic heterocycles. The predicted molar refractivity (Wildman–Crippen MR) is 119 cm³/mol. The Morgan fingerprint density at radius 3 is 2.41 bits per heavy atom. The highest BCUT2D eigenvalue weighted by Crippen LogP contribution is 2.23. The van der Waals surface area contributed by atoms with E-state index in [2.05, 4.69) is 30.3 Å². The first-order valence-electron chi connectivity index (χ1n) is 9.52. The molecule has 1 N–H and O–H groups in total. The van der Waals surface area contributed by atoms with Crippen LogP contribution in [-0.2, 0) is 10.0 Å². The SMILES string of the molecule is CC[C@@H](C)c1ccc(S(=O)(=O)N2CCN(C(=S)NCCCSC)CC2)cc1. The minimum Gasteiger partial charge on any atom is -0.363 e. The number of benzene rings is 1. The number of nitrogens with zero attached hydrogens (tertiary/aromatic N) is 2. The van der Waals surface area contributed by atoms with Crippen molar-refractivity contribution < 1.29 is 8.42 Å². The fourth-order valence-corrected chi connectivity index (χ4v) is 5.15. The molecule has 27 heavy (non-hydrogen) atoms. The third-order valence-corrected chi connectivity index (χ3v) is 8.04. The van der Waals surface area contributed by atoms with Crippen molar-refractivity contribution in [2.75, 3.05) is 44.7 Å². The number of thiocarbonyl (C=S) groups is 1. The van der Waals surface area contributed by atoms with Crippen LogP contribution in [0.2, 0.25) is 0 Å². The maximum absolute atomic E-state index is 12.9. The minimum absolute atomic E-state index is 0.376. The van der Waals surface area contributed by atoms with Crippen LogP contribution in [0.1, 0.15) is 38.2 Å². The second-order valence-electron chi connectivity index (χ2n) is 6.85. The first kappa shape index (κ1) is 22.5. The molecule has 1 saturated heterocycles. The van der Waals surface area contributed by atoms with Gasteiger partial charge in [0.05, 0.1) is 4.90 Å². The molecule has 152 valence electrons. The third-order valence-electron chi connectivity index (χ3n) is 5.03. The van der Waals surface area contributed by atoms with Crippen LogP contribution < -0.4 is 5.32 Å². The van der Waals surface area contributed by atoms with Gasteiger partial charge >= 0.3 is 0 Å². The molecule has 1 aliphatic rings. The summed E-state index contributed by atoms with van der Waals surface area (Å²) in [5.74, 6) is 1.55. The number of rotatable bonds is 8. The molecule has 0 aliphatic carbocycles. The van der Waals surface area contributed by atoms with Crippen LogP contribution in [0.5, 0.6) is 0 Å². The summed E-state index contributed by atoms with van der Waals surface area (Å²) < 4.78 is 27.4. The fourth-order valence-electron chi connectivity index (χ4n) is 3.01. The van der Waals surface area contributed by atoms with E-state index in [9.17, 15) is 8.42 Å². The van der Waals surface area contributed by atoms with Crippen LogP contribution in [-0.4, -0.2) is 67.5 Å². The van der Waals surface area contributed by atoms with E-state index in [0.717, 1.165) is 30.3 Å². The van der Waals surface area contributed by atoms with E-state index in [4.69, 9.17) is 12.2 Å². The lowest BCUT2D eigenvalue weighted by Crippen LogP contribution is -2.53. The molecule has 1 aromatic carbocycles. The normalized spacial score (nSPS) is 16.9. The van der Waals surface area contributed by atoms with Crippen LogP contribution in [0.15, 0.2) is 29.2 Å². The zero-order chi connectivity index (χ0) is 19.9. The van der Waals surface area contributed by atoms with Crippen molar-refractivity contribution in [3.8, 4) is 0 Å². The second-order valence-corrected chi connectivity index (χ2v) is 10.2. The molecule has 0 saturated carbocycles. The van der Waals surface area contributed by atoms with E-state index < -0.39 is 10.0 Å². The van der Waals surface area contributed by atoms with Crippen molar-refractivity contribution in [3.05, 3.63) is 29.8 Å².